The topological polar surface area (TPSA) is 36.8 Å². The van der Waals surface area contributed by atoms with E-state index >= 15 is 0 Å². The van der Waals surface area contributed by atoms with Crippen LogP contribution in [0.4, 0.5) is 0 Å². The molecule has 0 fully saturated rings. The number of rotatable bonds is 0. The number of nitrogens with zero attached hydrogens (tertiary/aromatic N) is 2. The summed E-state index contributed by atoms with van der Waals surface area (Å²) in [5.41, 5.74) is 0.998. The summed E-state index contributed by atoms with van der Waals surface area (Å²) in [6.07, 6.45) is 5.43. The van der Waals surface area contributed by atoms with E-state index in [0.29, 0.717) is 0 Å². The Morgan fingerprint density at radius 2 is 2.50 bits per heavy atom. The summed E-state index contributed by atoms with van der Waals surface area (Å²) in [4.78, 5) is 0.734. The molecule has 0 aliphatic carbocycles. The van der Waals surface area contributed by atoms with E-state index in [1.807, 2.05) is 6.08 Å². The smallest absolute Gasteiger partial charge is 0.120 e. The predicted molar refractivity (Wildman–Crippen MR) is 41.6 cm³/mol. The predicted octanol–water partition coefficient (Wildman–Crippen LogP) is 1.15. The molecule has 10 heavy (non-hydrogen) atoms. The first kappa shape index (κ1) is 5.73. The molecule has 1 atom stereocenters. The van der Waals surface area contributed by atoms with Crippen molar-refractivity contribution in [2.45, 2.75) is 6.04 Å². The summed E-state index contributed by atoms with van der Waals surface area (Å²) in [7, 11) is 0. The fraction of sp³-hybridized carbons (Fsp3) is 0.167. The number of azo groups is 1. The highest BCUT2D eigenvalue weighted by Gasteiger charge is 2.20. The number of hydrogen-bond acceptors (Lipinski definition) is 3. The quantitative estimate of drug-likeness (QED) is 0.527. The van der Waals surface area contributed by atoms with E-state index in [9.17, 15) is 0 Å². The molecule has 0 aromatic rings. The molecule has 0 amide bonds. The Kier molecular flexibility index (Phi) is 1.14. The van der Waals surface area contributed by atoms with Crippen molar-refractivity contribution in [2.75, 3.05) is 0 Å². The Morgan fingerprint density at radius 3 is 3.30 bits per heavy atom. The maximum atomic E-state index is 4.99. The summed E-state index contributed by atoms with van der Waals surface area (Å²) in [5.74, 6) is 0. The molecule has 2 rings (SSSR count). The van der Waals surface area contributed by atoms with E-state index in [4.69, 9.17) is 12.2 Å². The van der Waals surface area contributed by atoms with Gasteiger partial charge >= 0.3 is 0 Å². The van der Waals surface area contributed by atoms with Gasteiger partial charge in [-0.05, 0) is 6.08 Å². The molecule has 0 bridgehead atoms. The van der Waals surface area contributed by atoms with Crippen molar-refractivity contribution in [1.29, 1.82) is 0 Å². The largest absolute Gasteiger partial charge is 0.353 e. The lowest BCUT2D eigenvalue weighted by Gasteiger charge is -2.12. The normalized spacial score (nSPS) is 27.8. The van der Waals surface area contributed by atoms with Crippen molar-refractivity contribution in [3.05, 3.63) is 24.0 Å². The standard InChI is InChI=1S/C6H5N3S/c10-6-4-3-8-9-5(4)1-2-7-6/h1-3,5H,(H,7,10). The van der Waals surface area contributed by atoms with E-state index < -0.39 is 0 Å². The van der Waals surface area contributed by atoms with Gasteiger partial charge in [0.05, 0.1) is 6.20 Å². The van der Waals surface area contributed by atoms with E-state index in [0.717, 1.165) is 10.6 Å². The highest BCUT2D eigenvalue weighted by Crippen LogP contribution is 2.19. The molecule has 1 unspecified atom stereocenters. The number of fused-ring (bicyclic) bond motifs is 1. The first-order valence-corrected chi connectivity index (χ1v) is 3.36. The van der Waals surface area contributed by atoms with Gasteiger partial charge in [0.1, 0.15) is 11.0 Å². The van der Waals surface area contributed by atoms with Crippen LogP contribution in [0, 0.1) is 0 Å². The van der Waals surface area contributed by atoms with E-state index in [1.54, 1.807) is 12.4 Å². The highest BCUT2D eigenvalue weighted by atomic mass is 32.1. The minimum atomic E-state index is 0.0775. The Hall–Kier alpha value is -1.03. The summed E-state index contributed by atoms with van der Waals surface area (Å²) in [6.45, 7) is 0. The minimum Gasteiger partial charge on any atom is -0.353 e. The molecule has 1 N–H and O–H groups in total. The molecule has 3 nitrogen and oxygen atoms in total. The summed E-state index contributed by atoms with van der Waals surface area (Å²) in [6, 6.07) is 0.0775. The van der Waals surface area contributed by atoms with Crippen molar-refractivity contribution >= 4 is 17.2 Å². The van der Waals surface area contributed by atoms with Gasteiger partial charge in [-0.1, -0.05) is 12.2 Å². The third-order valence-electron chi connectivity index (χ3n) is 1.46. The molecule has 2 aliphatic rings. The van der Waals surface area contributed by atoms with Gasteiger partial charge in [0, 0.05) is 11.8 Å². The van der Waals surface area contributed by atoms with Crippen LogP contribution in [0.2, 0.25) is 0 Å². The van der Waals surface area contributed by atoms with Gasteiger partial charge in [-0.25, -0.2) is 0 Å². The zero-order valence-electron chi connectivity index (χ0n) is 5.11. The van der Waals surface area contributed by atoms with Gasteiger partial charge in [0.15, 0.2) is 0 Å². The van der Waals surface area contributed by atoms with Crippen LogP contribution in [-0.4, -0.2) is 11.0 Å². The van der Waals surface area contributed by atoms with Gasteiger partial charge in [-0.2, -0.15) is 10.2 Å². The van der Waals surface area contributed by atoms with Crippen LogP contribution in [0.5, 0.6) is 0 Å². The molecule has 0 aromatic heterocycles. The number of hydrogen-bond donors (Lipinski definition) is 1. The lowest BCUT2D eigenvalue weighted by atomic mass is 10.1. The van der Waals surface area contributed by atoms with Crippen molar-refractivity contribution in [3.63, 3.8) is 0 Å². The van der Waals surface area contributed by atoms with Gasteiger partial charge in [-0.3, -0.25) is 0 Å². The zero-order valence-corrected chi connectivity index (χ0v) is 5.93. The van der Waals surface area contributed by atoms with Gasteiger partial charge in [0.25, 0.3) is 0 Å². The van der Waals surface area contributed by atoms with E-state index in [-0.39, 0.29) is 6.04 Å². The first-order valence-electron chi connectivity index (χ1n) is 2.95. The third kappa shape index (κ3) is 0.690. The van der Waals surface area contributed by atoms with Crippen LogP contribution in [0.1, 0.15) is 0 Å². The lowest BCUT2D eigenvalue weighted by Crippen LogP contribution is -2.26. The molecule has 0 saturated carbocycles. The third-order valence-corrected chi connectivity index (χ3v) is 1.82. The Labute approximate surface area is 63.5 Å². The highest BCUT2D eigenvalue weighted by molar-refractivity contribution is 7.80. The maximum Gasteiger partial charge on any atom is 0.120 e. The van der Waals surface area contributed by atoms with E-state index in [1.165, 1.54) is 0 Å². The SMILES string of the molecule is S=C1NC=CC2N=NC=C12. The fourth-order valence-corrected chi connectivity index (χ4v) is 1.18. The van der Waals surface area contributed by atoms with Gasteiger partial charge < -0.3 is 5.32 Å². The minimum absolute atomic E-state index is 0.0775. The average molecular weight is 151 g/mol. The lowest BCUT2D eigenvalue weighted by molar-refractivity contribution is 0.932. The van der Waals surface area contributed by atoms with E-state index in [2.05, 4.69) is 15.5 Å². The molecule has 50 valence electrons. The molecular formula is C6H5N3S. The Bertz CT molecular complexity index is 264. The second-order valence-electron chi connectivity index (χ2n) is 2.09. The Morgan fingerprint density at radius 1 is 1.60 bits per heavy atom. The summed E-state index contributed by atoms with van der Waals surface area (Å²) < 4.78 is 0. The van der Waals surface area contributed by atoms with Crippen LogP contribution in [0.15, 0.2) is 34.3 Å². The van der Waals surface area contributed by atoms with Gasteiger partial charge in [-0.15, -0.1) is 0 Å². The van der Waals surface area contributed by atoms with Crippen LogP contribution < -0.4 is 5.32 Å². The van der Waals surface area contributed by atoms with Gasteiger partial charge in [0.2, 0.25) is 0 Å². The second-order valence-corrected chi connectivity index (χ2v) is 2.50. The molecule has 0 aromatic carbocycles. The van der Waals surface area contributed by atoms with Crippen LogP contribution in [-0.2, 0) is 0 Å². The monoisotopic (exact) mass is 151 g/mol. The van der Waals surface area contributed by atoms with Crippen molar-refractivity contribution in [3.8, 4) is 0 Å². The molecule has 0 radical (unpaired) electrons. The molecule has 4 heteroatoms. The number of nitrogens with one attached hydrogen (secondary N) is 1. The molecular weight excluding hydrogens is 146 g/mol. The zero-order chi connectivity index (χ0) is 6.97. The molecule has 0 spiro atoms. The maximum absolute atomic E-state index is 4.99. The molecule has 2 heterocycles. The number of thiocarbonyl (C=S) groups is 1. The van der Waals surface area contributed by atoms with Crippen molar-refractivity contribution in [1.82, 2.24) is 5.32 Å². The molecule has 2 aliphatic heterocycles. The van der Waals surface area contributed by atoms with Crippen LogP contribution in [0.3, 0.4) is 0 Å². The average Bonchev–Trinajstić information content (AvgIpc) is 2.36. The Balaban J connectivity index is 2.41. The molecule has 0 saturated heterocycles. The van der Waals surface area contributed by atoms with Crippen molar-refractivity contribution < 1.29 is 0 Å². The van der Waals surface area contributed by atoms with Crippen molar-refractivity contribution in [2.24, 2.45) is 10.2 Å². The summed E-state index contributed by atoms with van der Waals surface area (Å²) >= 11 is 4.99. The fourth-order valence-electron chi connectivity index (χ4n) is 0.939. The van der Waals surface area contributed by atoms with Crippen LogP contribution in [0.25, 0.3) is 0 Å². The van der Waals surface area contributed by atoms with Crippen LogP contribution >= 0.6 is 12.2 Å². The second kappa shape index (κ2) is 1.98. The summed E-state index contributed by atoms with van der Waals surface area (Å²) in [5, 5.41) is 10.6. The first-order chi connectivity index (χ1) is 4.88.